The summed E-state index contributed by atoms with van der Waals surface area (Å²) in [5.74, 6) is 0.710. The lowest BCUT2D eigenvalue weighted by molar-refractivity contribution is 0.0151. The van der Waals surface area contributed by atoms with Crippen LogP contribution in [-0.2, 0) is 4.74 Å². The maximum Gasteiger partial charge on any atom is 0.322 e. The molecule has 6 nitrogen and oxygen atoms in total. The van der Waals surface area contributed by atoms with Crippen molar-refractivity contribution in [3.63, 3.8) is 0 Å². The van der Waals surface area contributed by atoms with E-state index in [1.165, 1.54) is 16.3 Å². The molecule has 1 fully saturated rings. The van der Waals surface area contributed by atoms with Gasteiger partial charge in [-0.2, -0.15) is 0 Å². The van der Waals surface area contributed by atoms with Crippen molar-refractivity contribution in [3.05, 3.63) is 72.3 Å². The number of nitrogens with one attached hydrogen (secondary N) is 2. The third-order valence-electron chi connectivity index (χ3n) is 5.76. The van der Waals surface area contributed by atoms with Crippen LogP contribution in [0.15, 0.2) is 66.7 Å². The molecule has 3 aromatic rings. The average molecular weight is 420 g/mol. The van der Waals surface area contributed by atoms with E-state index in [-0.39, 0.29) is 18.1 Å². The van der Waals surface area contributed by atoms with Gasteiger partial charge in [0.2, 0.25) is 0 Å². The lowest BCUT2D eigenvalue weighted by atomic mass is 9.99. The van der Waals surface area contributed by atoms with E-state index in [2.05, 4.69) is 60.0 Å². The third kappa shape index (κ3) is 4.98. The second-order valence-corrected chi connectivity index (χ2v) is 7.78. The van der Waals surface area contributed by atoms with Crippen LogP contribution in [0.25, 0.3) is 10.8 Å². The summed E-state index contributed by atoms with van der Waals surface area (Å²) in [5.41, 5.74) is 1.97. The van der Waals surface area contributed by atoms with Gasteiger partial charge in [-0.3, -0.25) is 0 Å². The van der Waals surface area contributed by atoms with Crippen molar-refractivity contribution in [2.24, 2.45) is 0 Å². The number of methoxy groups -OCH3 is 1. The highest BCUT2D eigenvalue weighted by atomic mass is 16.5. The summed E-state index contributed by atoms with van der Waals surface area (Å²) < 4.78 is 10.9. The molecule has 0 radical (unpaired) electrons. The van der Waals surface area contributed by atoms with Crippen molar-refractivity contribution in [2.45, 2.75) is 19.0 Å². The number of fused-ring (bicyclic) bond motifs is 1. The Morgan fingerprint density at radius 1 is 1.16 bits per heavy atom. The van der Waals surface area contributed by atoms with E-state index in [1.807, 2.05) is 29.2 Å². The Hall–Kier alpha value is -3.09. The molecule has 2 atom stereocenters. The number of carbonyl (C=O) groups excluding carboxylic acids is 1. The van der Waals surface area contributed by atoms with Crippen molar-refractivity contribution < 1.29 is 14.3 Å². The molecule has 162 valence electrons. The molecule has 3 aromatic carbocycles. The number of rotatable bonds is 6. The highest BCUT2D eigenvalue weighted by molar-refractivity contribution is 5.90. The van der Waals surface area contributed by atoms with E-state index in [4.69, 9.17) is 9.47 Å². The van der Waals surface area contributed by atoms with Crippen LogP contribution >= 0.6 is 0 Å². The molecular formula is C25H29N3O3. The smallest absolute Gasteiger partial charge is 0.322 e. The zero-order chi connectivity index (χ0) is 21.6. The minimum atomic E-state index is -0.124. The van der Waals surface area contributed by atoms with E-state index in [0.29, 0.717) is 37.7 Å². The van der Waals surface area contributed by atoms with Crippen molar-refractivity contribution in [1.29, 1.82) is 0 Å². The maximum atomic E-state index is 13.0. The van der Waals surface area contributed by atoms with Crippen LogP contribution in [0.4, 0.5) is 10.5 Å². The lowest BCUT2D eigenvalue weighted by Crippen LogP contribution is -2.54. The molecule has 31 heavy (non-hydrogen) atoms. The molecule has 1 heterocycles. The summed E-state index contributed by atoms with van der Waals surface area (Å²) in [5, 5.41) is 9.07. The fourth-order valence-corrected chi connectivity index (χ4v) is 4.04. The van der Waals surface area contributed by atoms with Gasteiger partial charge in [0.1, 0.15) is 5.75 Å². The molecule has 1 saturated heterocycles. The number of amides is 2. The van der Waals surface area contributed by atoms with Crippen molar-refractivity contribution in [1.82, 2.24) is 10.2 Å². The molecule has 2 amide bonds. The Bertz CT molecular complexity index is 1030. The van der Waals surface area contributed by atoms with Gasteiger partial charge in [-0.25, -0.2) is 4.79 Å². The first-order chi connectivity index (χ1) is 15.2. The molecule has 1 unspecified atom stereocenters. The second kappa shape index (κ2) is 9.81. The number of benzene rings is 3. The van der Waals surface area contributed by atoms with Crippen LogP contribution in [0.2, 0.25) is 0 Å². The summed E-state index contributed by atoms with van der Waals surface area (Å²) in [6.07, 6.45) is 0. The summed E-state index contributed by atoms with van der Waals surface area (Å²) in [7, 11) is 1.61. The van der Waals surface area contributed by atoms with Gasteiger partial charge in [-0.1, -0.05) is 48.5 Å². The molecule has 0 spiro atoms. The molecule has 0 aromatic heterocycles. The number of hydrogen-bond donors (Lipinski definition) is 2. The molecule has 0 saturated carbocycles. The molecule has 4 rings (SSSR count). The third-order valence-corrected chi connectivity index (χ3v) is 5.76. The fourth-order valence-electron chi connectivity index (χ4n) is 4.04. The predicted octanol–water partition coefficient (Wildman–Crippen LogP) is 4.43. The lowest BCUT2D eigenvalue weighted by Gasteiger charge is -2.36. The van der Waals surface area contributed by atoms with Crippen LogP contribution in [0.1, 0.15) is 18.5 Å². The summed E-state index contributed by atoms with van der Waals surface area (Å²) in [6.45, 7) is 4.43. The maximum absolute atomic E-state index is 13.0. The number of ether oxygens (including phenoxy) is 2. The van der Waals surface area contributed by atoms with Crippen LogP contribution in [0.3, 0.4) is 0 Å². The minimum Gasteiger partial charge on any atom is -0.497 e. The molecular weight excluding hydrogens is 390 g/mol. The van der Waals surface area contributed by atoms with Gasteiger partial charge in [0.15, 0.2) is 0 Å². The summed E-state index contributed by atoms with van der Waals surface area (Å²) in [6, 6.07) is 22.2. The highest BCUT2D eigenvalue weighted by Gasteiger charge is 2.28. The van der Waals surface area contributed by atoms with Gasteiger partial charge in [-0.15, -0.1) is 0 Å². The first-order valence-electron chi connectivity index (χ1n) is 10.7. The van der Waals surface area contributed by atoms with Crippen LogP contribution in [0.5, 0.6) is 5.75 Å². The molecule has 6 heteroatoms. The normalized spacial score (nSPS) is 17.4. The molecule has 2 N–H and O–H groups in total. The van der Waals surface area contributed by atoms with Gasteiger partial charge in [-0.05, 0) is 35.4 Å². The summed E-state index contributed by atoms with van der Waals surface area (Å²) in [4.78, 5) is 14.8. The minimum absolute atomic E-state index is 0.0446. The standard InChI is InChI=1S/C25H29N3O3/c1-18(23-12-5-8-19-7-3-4-11-24(19)23)26-16-21-17-31-14-13-28(21)25(29)27-20-9-6-10-22(15-20)30-2/h3-12,15,18,21,26H,13-14,16-17H2,1-2H3,(H,27,29)/t18-,21?/m1/s1. The molecule has 1 aliphatic heterocycles. The van der Waals surface area contributed by atoms with Crippen molar-refractivity contribution >= 4 is 22.5 Å². The largest absolute Gasteiger partial charge is 0.497 e. The SMILES string of the molecule is COc1cccc(NC(=O)N2CCOCC2CN[C@H](C)c2cccc3ccccc23)c1. The predicted molar refractivity (Wildman–Crippen MR) is 124 cm³/mol. The first-order valence-corrected chi connectivity index (χ1v) is 10.7. The monoisotopic (exact) mass is 419 g/mol. The number of hydrogen-bond acceptors (Lipinski definition) is 4. The topological polar surface area (TPSA) is 62.8 Å². The molecule has 0 aliphatic carbocycles. The quantitative estimate of drug-likeness (QED) is 0.620. The van der Waals surface area contributed by atoms with Crippen LogP contribution in [0, 0.1) is 0 Å². The Morgan fingerprint density at radius 2 is 1.97 bits per heavy atom. The highest BCUT2D eigenvalue weighted by Crippen LogP contribution is 2.24. The van der Waals surface area contributed by atoms with Crippen LogP contribution < -0.4 is 15.4 Å². The van der Waals surface area contributed by atoms with Gasteiger partial charge in [0, 0.05) is 30.9 Å². The Balaban J connectivity index is 1.42. The fraction of sp³-hybridized carbons (Fsp3) is 0.320. The molecule has 0 bridgehead atoms. The van der Waals surface area contributed by atoms with E-state index in [9.17, 15) is 4.79 Å². The summed E-state index contributed by atoms with van der Waals surface area (Å²) >= 11 is 0. The van der Waals surface area contributed by atoms with E-state index < -0.39 is 0 Å². The number of morpholine rings is 1. The zero-order valence-corrected chi connectivity index (χ0v) is 18.0. The number of carbonyl (C=O) groups is 1. The number of nitrogens with zero attached hydrogens (tertiary/aromatic N) is 1. The van der Waals surface area contributed by atoms with Gasteiger partial charge < -0.3 is 25.0 Å². The van der Waals surface area contributed by atoms with Gasteiger partial charge >= 0.3 is 6.03 Å². The number of anilines is 1. The van der Waals surface area contributed by atoms with E-state index in [1.54, 1.807) is 7.11 Å². The Labute approximate surface area is 183 Å². The van der Waals surface area contributed by atoms with E-state index in [0.717, 1.165) is 0 Å². The average Bonchev–Trinajstić information content (AvgIpc) is 2.82. The van der Waals surface area contributed by atoms with Gasteiger partial charge in [0.25, 0.3) is 0 Å². The number of urea groups is 1. The van der Waals surface area contributed by atoms with Crippen molar-refractivity contribution in [3.8, 4) is 5.75 Å². The first kappa shape index (κ1) is 21.2. The van der Waals surface area contributed by atoms with E-state index >= 15 is 0 Å². The second-order valence-electron chi connectivity index (χ2n) is 7.78. The zero-order valence-electron chi connectivity index (χ0n) is 18.0. The van der Waals surface area contributed by atoms with Crippen molar-refractivity contribution in [2.75, 3.05) is 38.7 Å². The molecule has 1 aliphatic rings. The van der Waals surface area contributed by atoms with Crippen LogP contribution in [-0.4, -0.2) is 50.4 Å². The Morgan fingerprint density at radius 3 is 2.84 bits per heavy atom. The van der Waals surface area contributed by atoms with Gasteiger partial charge in [0.05, 0.1) is 26.4 Å². The Kier molecular flexibility index (Phi) is 6.70.